The highest BCUT2D eigenvalue weighted by Crippen LogP contribution is 2.37. The largest absolute Gasteiger partial charge is 0.309 e. The molecule has 2 heteroatoms. The molecule has 0 spiro atoms. The van der Waals surface area contributed by atoms with Crippen LogP contribution >= 0.6 is 0 Å². The summed E-state index contributed by atoms with van der Waals surface area (Å²) in [5.41, 5.74) is 10.9. The molecule has 0 saturated carbocycles. The van der Waals surface area contributed by atoms with Crippen LogP contribution in [0, 0.1) is 0 Å². The Balaban J connectivity index is 1.39. The van der Waals surface area contributed by atoms with E-state index in [1.165, 1.54) is 66.0 Å². The summed E-state index contributed by atoms with van der Waals surface area (Å²) in [6, 6.07) is 50.6. The number of para-hydroxylation sites is 2. The first-order valence-corrected chi connectivity index (χ1v) is 14.1. The molecule has 0 aliphatic rings. The average molecular weight is 525 g/mol. The quantitative estimate of drug-likeness (QED) is 0.198. The zero-order chi connectivity index (χ0) is 27.3. The molecule has 194 valence electrons. The summed E-state index contributed by atoms with van der Waals surface area (Å²) < 4.78 is 4.81. The highest BCUT2D eigenvalue weighted by atomic mass is 15.0. The van der Waals surface area contributed by atoms with Gasteiger partial charge in [0, 0.05) is 32.9 Å². The van der Waals surface area contributed by atoms with Crippen LogP contribution in [0.3, 0.4) is 0 Å². The van der Waals surface area contributed by atoms with Crippen molar-refractivity contribution in [3.63, 3.8) is 0 Å². The van der Waals surface area contributed by atoms with Gasteiger partial charge in [-0.3, -0.25) is 0 Å². The lowest BCUT2D eigenvalue weighted by Gasteiger charge is -2.12. The first-order chi connectivity index (χ1) is 20.3. The van der Waals surface area contributed by atoms with E-state index >= 15 is 0 Å². The molecular weight excluding hydrogens is 496 g/mol. The number of benzene rings is 6. The fourth-order valence-corrected chi connectivity index (χ4v) is 6.42. The van der Waals surface area contributed by atoms with Gasteiger partial charge in [-0.2, -0.15) is 0 Å². The molecule has 6 aromatic carbocycles. The molecule has 0 saturated heterocycles. The number of rotatable bonds is 5. The summed E-state index contributed by atoms with van der Waals surface area (Å²) in [5.74, 6) is 0. The molecule has 0 atom stereocenters. The Morgan fingerprint density at radius 3 is 1.83 bits per heavy atom. The van der Waals surface area contributed by atoms with Gasteiger partial charge >= 0.3 is 0 Å². The predicted octanol–water partition coefficient (Wildman–Crippen LogP) is 10.3. The van der Waals surface area contributed by atoms with Crippen LogP contribution in [0.15, 0.2) is 152 Å². The Morgan fingerprint density at radius 2 is 1.05 bits per heavy atom. The summed E-state index contributed by atoms with van der Waals surface area (Å²) in [6.07, 6.45) is 2.83. The number of hydrogen-bond donors (Lipinski definition) is 0. The van der Waals surface area contributed by atoms with Crippen LogP contribution in [0.2, 0.25) is 0 Å². The average Bonchev–Trinajstić information content (AvgIpc) is 3.54. The molecule has 8 rings (SSSR count). The number of hydrogen-bond acceptors (Lipinski definition) is 0. The Labute approximate surface area is 239 Å². The van der Waals surface area contributed by atoms with Gasteiger partial charge in [0.25, 0.3) is 0 Å². The zero-order valence-electron chi connectivity index (χ0n) is 22.7. The second-order valence-electron chi connectivity index (χ2n) is 10.7. The normalized spacial score (nSPS) is 11.6. The fraction of sp³-hybridized carbons (Fsp3) is 0.0256. The van der Waals surface area contributed by atoms with Crippen molar-refractivity contribution in [2.45, 2.75) is 6.42 Å². The summed E-state index contributed by atoms with van der Waals surface area (Å²) in [7, 11) is 0. The van der Waals surface area contributed by atoms with Crippen molar-refractivity contribution >= 4 is 43.6 Å². The smallest absolute Gasteiger partial charge is 0.0543 e. The van der Waals surface area contributed by atoms with Gasteiger partial charge in [0.1, 0.15) is 0 Å². The monoisotopic (exact) mass is 524 g/mol. The molecule has 8 aromatic rings. The predicted molar refractivity (Wildman–Crippen MR) is 174 cm³/mol. The van der Waals surface area contributed by atoms with Crippen LogP contribution in [0.1, 0.15) is 5.56 Å². The molecule has 2 aromatic heterocycles. The third-order valence-electron chi connectivity index (χ3n) is 8.24. The standard InChI is InChI=1S/C39H28N2/c1-2-11-27-20-22-34-32-16-6-8-18-36(32)41(39(34)24-27)31-21-23-38-35(26-31)33-17-7-9-19-37(33)40(38)30-15-10-14-29(25-30)28-12-4-3-5-13-28/h2-10,12-26H,1,11H2. The Bertz CT molecular complexity index is 2250. The highest BCUT2D eigenvalue weighted by molar-refractivity contribution is 6.12. The van der Waals surface area contributed by atoms with Gasteiger partial charge in [-0.15, -0.1) is 6.58 Å². The van der Waals surface area contributed by atoms with E-state index in [2.05, 4.69) is 155 Å². The van der Waals surface area contributed by atoms with Crippen molar-refractivity contribution in [2.24, 2.45) is 0 Å². The molecule has 41 heavy (non-hydrogen) atoms. The molecule has 0 unspecified atom stereocenters. The summed E-state index contributed by atoms with van der Waals surface area (Å²) in [6.45, 7) is 3.96. The van der Waals surface area contributed by atoms with Gasteiger partial charge in [-0.05, 0) is 71.6 Å². The maximum absolute atomic E-state index is 3.96. The number of nitrogens with zero attached hydrogens (tertiary/aromatic N) is 2. The Hall–Kier alpha value is -5.34. The third-order valence-corrected chi connectivity index (χ3v) is 8.24. The van der Waals surface area contributed by atoms with E-state index in [0.29, 0.717) is 0 Å². The third kappa shape index (κ3) is 3.72. The summed E-state index contributed by atoms with van der Waals surface area (Å²) in [4.78, 5) is 0. The first-order valence-electron chi connectivity index (χ1n) is 14.1. The number of allylic oxidation sites excluding steroid dienone is 1. The van der Waals surface area contributed by atoms with Crippen molar-refractivity contribution in [1.82, 2.24) is 9.13 Å². The second kappa shape index (κ2) is 9.39. The molecule has 0 N–H and O–H groups in total. The van der Waals surface area contributed by atoms with Crippen molar-refractivity contribution in [3.8, 4) is 22.5 Å². The topological polar surface area (TPSA) is 9.86 Å². The molecule has 0 bridgehead atoms. The molecule has 0 amide bonds. The lowest BCUT2D eigenvalue weighted by atomic mass is 10.1. The molecule has 2 nitrogen and oxygen atoms in total. The fourth-order valence-electron chi connectivity index (χ4n) is 6.42. The van der Waals surface area contributed by atoms with E-state index in [1.54, 1.807) is 0 Å². The number of aromatic nitrogens is 2. The Morgan fingerprint density at radius 1 is 0.439 bits per heavy atom. The molecule has 0 fully saturated rings. The van der Waals surface area contributed by atoms with E-state index in [9.17, 15) is 0 Å². The van der Waals surface area contributed by atoms with Crippen molar-refractivity contribution < 1.29 is 0 Å². The van der Waals surface area contributed by atoms with Crippen molar-refractivity contribution in [3.05, 3.63) is 158 Å². The molecule has 2 heterocycles. The maximum atomic E-state index is 3.96. The molecular formula is C39H28N2. The summed E-state index contributed by atoms with van der Waals surface area (Å²) >= 11 is 0. The highest BCUT2D eigenvalue weighted by Gasteiger charge is 2.16. The van der Waals surface area contributed by atoms with Gasteiger partial charge in [0.2, 0.25) is 0 Å². The van der Waals surface area contributed by atoms with Crippen LogP contribution < -0.4 is 0 Å². The Kier molecular flexibility index (Phi) is 5.39. The van der Waals surface area contributed by atoms with Crippen LogP contribution in [0.25, 0.3) is 66.1 Å². The lowest BCUT2D eigenvalue weighted by molar-refractivity contribution is 1.16. The second-order valence-corrected chi connectivity index (χ2v) is 10.7. The van der Waals surface area contributed by atoms with E-state index < -0.39 is 0 Å². The molecule has 0 aliphatic heterocycles. The van der Waals surface area contributed by atoms with Crippen LogP contribution in [0.5, 0.6) is 0 Å². The molecule has 0 aliphatic carbocycles. The van der Waals surface area contributed by atoms with E-state index in [-0.39, 0.29) is 0 Å². The minimum Gasteiger partial charge on any atom is -0.309 e. The van der Waals surface area contributed by atoms with Crippen LogP contribution in [-0.2, 0) is 6.42 Å². The minimum absolute atomic E-state index is 0.853. The van der Waals surface area contributed by atoms with Crippen molar-refractivity contribution in [1.29, 1.82) is 0 Å². The van der Waals surface area contributed by atoms with Crippen molar-refractivity contribution in [2.75, 3.05) is 0 Å². The van der Waals surface area contributed by atoms with Gasteiger partial charge < -0.3 is 9.13 Å². The van der Waals surface area contributed by atoms with Gasteiger partial charge in [0.15, 0.2) is 0 Å². The van der Waals surface area contributed by atoms with E-state index in [4.69, 9.17) is 0 Å². The maximum Gasteiger partial charge on any atom is 0.0543 e. The SMILES string of the molecule is C=CCc1ccc2c3ccccc3n(-c3ccc4c(c3)c3ccccc3n4-c3cccc(-c4ccccc4)c3)c2c1. The molecule has 0 radical (unpaired) electrons. The van der Waals surface area contributed by atoms with E-state index in [1.807, 2.05) is 6.08 Å². The van der Waals surface area contributed by atoms with Crippen LogP contribution in [-0.4, -0.2) is 9.13 Å². The lowest BCUT2D eigenvalue weighted by Crippen LogP contribution is -1.96. The first kappa shape index (κ1) is 23.5. The number of fused-ring (bicyclic) bond motifs is 6. The minimum atomic E-state index is 0.853. The van der Waals surface area contributed by atoms with Crippen LogP contribution in [0.4, 0.5) is 0 Å². The zero-order valence-corrected chi connectivity index (χ0v) is 22.7. The van der Waals surface area contributed by atoms with E-state index in [0.717, 1.165) is 12.1 Å². The van der Waals surface area contributed by atoms with Gasteiger partial charge in [-0.1, -0.05) is 97.1 Å². The van der Waals surface area contributed by atoms with Gasteiger partial charge in [0.05, 0.1) is 22.1 Å². The van der Waals surface area contributed by atoms with Gasteiger partial charge in [-0.25, -0.2) is 0 Å². The summed E-state index contributed by atoms with van der Waals surface area (Å²) in [5, 5.41) is 5.04.